The molecule has 3 rings (SSSR count). The molecule has 140 valence electrons. The molecule has 1 unspecified atom stereocenters. The predicted octanol–water partition coefficient (Wildman–Crippen LogP) is 2.91. The van der Waals surface area contributed by atoms with Gasteiger partial charge in [-0.3, -0.25) is 9.59 Å². The maximum Gasteiger partial charge on any atom is 0.361 e. The summed E-state index contributed by atoms with van der Waals surface area (Å²) in [6.45, 7) is -0.223. The Kier molecular flexibility index (Phi) is 4.93. The quantitative estimate of drug-likeness (QED) is 0.450. The van der Waals surface area contributed by atoms with E-state index in [9.17, 15) is 14.4 Å². The fourth-order valence-corrected chi connectivity index (χ4v) is 3.57. The number of hydrogen-bond donors (Lipinski definition) is 0. The number of benzene rings is 2. The van der Waals surface area contributed by atoms with Crippen molar-refractivity contribution in [1.29, 1.82) is 0 Å². The Morgan fingerprint density at radius 1 is 1.00 bits per heavy atom. The van der Waals surface area contributed by atoms with Crippen molar-refractivity contribution in [3.63, 3.8) is 0 Å². The summed E-state index contributed by atoms with van der Waals surface area (Å²) in [6.07, 6.45) is 0. The number of ether oxygens (including phenoxy) is 1. The van der Waals surface area contributed by atoms with E-state index in [0.717, 1.165) is 0 Å². The van der Waals surface area contributed by atoms with Gasteiger partial charge in [0.15, 0.2) is 23.5 Å². The number of esters is 1. The van der Waals surface area contributed by atoms with Gasteiger partial charge < -0.3 is 9.22 Å². The molecule has 0 N–H and O–H groups in total. The first-order valence-electron chi connectivity index (χ1n) is 8.56. The van der Waals surface area contributed by atoms with Crippen LogP contribution in [0.4, 0.5) is 0 Å². The Labute approximate surface area is 163 Å². The number of likely N-dealkylation sites (N-methyl/N-ethyl adjacent to an activating group) is 1. The second-order valence-electron chi connectivity index (χ2n) is 7.70. The fourth-order valence-electron chi connectivity index (χ4n) is 3.31. The normalized spacial score (nSPS) is 19.1. The minimum atomic E-state index is -1.60. The lowest BCUT2D eigenvalue weighted by molar-refractivity contribution is -0.862. The highest BCUT2D eigenvalue weighted by molar-refractivity contribution is 6.41. The first-order chi connectivity index (χ1) is 12.7. The monoisotopic (exact) mass is 386 g/mol. The van der Waals surface area contributed by atoms with Crippen molar-refractivity contribution in [2.24, 2.45) is 0 Å². The molecule has 0 saturated carbocycles. The number of nitrogens with zero attached hydrogens (tertiary/aromatic N) is 1. The number of quaternary nitrogens is 1. The van der Waals surface area contributed by atoms with Crippen LogP contribution in [0.5, 0.6) is 0 Å². The zero-order valence-corrected chi connectivity index (χ0v) is 16.2. The van der Waals surface area contributed by atoms with E-state index in [1.54, 1.807) is 48.5 Å². The number of carbonyl (C=O) groups is 3. The van der Waals surface area contributed by atoms with Crippen LogP contribution in [-0.2, 0) is 14.9 Å². The second-order valence-corrected chi connectivity index (χ2v) is 8.11. The van der Waals surface area contributed by atoms with Gasteiger partial charge in [0, 0.05) is 11.1 Å². The van der Waals surface area contributed by atoms with Crippen LogP contribution in [0.1, 0.15) is 26.3 Å². The molecule has 27 heavy (non-hydrogen) atoms. The Hall–Kier alpha value is -2.50. The smallest absolute Gasteiger partial charge is 0.361 e. The van der Waals surface area contributed by atoms with Gasteiger partial charge in [-0.2, -0.15) is 0 Å². The molecule has 1 aliphatic rings. The van der Waals surface area contributed by atoms with E-state index in [4.69, 9.17) is 16.3 Å². The average molecular weight is 387 g/mol. The standard InChI is InChI=1S/C21H21ClNO4/c1-23(2,3)12-17(24)27-13-21(14-8-5-4-6-9-14)19(25)15-10-7-11-16(22)18(15)20(21)26/h4-11H,12-13H2,1-3H3/q+1. The summed E-state index contributed by atoms with van der Waals surface area (Å²) in [6, 6.07) is 13.5. The minimum Gasteiger partial charge on any atom is -0.460 e. The van der Waals surface area contributed by atoms with E-state index < -0.39 is 23.0 Å². The van der Waals surface area contributed by atoms with Crippen molar-refractivity contribution in [2.75, 3.05) is 34.3 Å². The highest BCUT2D eigenvalue weighted by atomic mass is 35.5. The molecule has 0 fully saturated rings. The van der Waals surface area contributed by atoms with Crippen LogP contribution >= 0.6 is 11.6 Å². The van der Waals surface area contributed by atoms with Crippen LogP contribution in [-0.4, -0.2) is 56.3 Å². The molecule has 0 radical (unpaired) electrons. The van der Waals surface area contributed by atoms with Crippen molar-refractivity contribution in [3.05, 3.63) is 70.2 Å². The van der Waals surface area contributed by atoms with Gasteiger partial charge in [-0.05, 0) is 11.6 Å². The maximum absolute atomic E-state index is 13.3. The topological polar surface area (TPSA) is 60.4 Å². The van der Waals surface area contributed by atoms with Gasteiger partial charge in [0.1, 0.15) is 6.61 Å². The Morgan fingerprint density at radius 2 is 1.67 bits per heavy atom. The molecular formula is C21H21ClNO4+. The summed E-state index contributed by atoms with van der Waals surface area (Å²) >= 11 is 6.21. The number of ketones is 2. The average Bonchev–Trinajstić information content (AvgIpc) is 2.82. The number of halogens is 1. The predicted molar refractivity (Wildman–Crippen MR) is 102 cm³/mol. The molecule has 0 aromatic heterocycles. The van der Waals surface area contributed by atoms with E-state index in [1.165, 1.54) is 0 Å². The number of Topliss-reactive ketones (excluding diaryl/α,β-unsaturated/α-hetero) is 2. The molecule has 0 saturated heterocycles. The van der Waals surface area contributed by atoms with E-state index in [1.807, 2.05) is 21.1 Å². The lowest BCUT2D eigenvalue weighted by Crippen LogP contribution is -2.46. The van der Waals surface area contributed by atoms with Crippen LogP contribution in [0.25, 0.3) is 0 Å². The van der Waals surface area contributed by atoms with Crippen molar-refractivity contribution < 1.29 is 23.6 Å². The van der Waals surface area contributed by atoms with Crippen LogP contribution in [0.2, 0.25) is 5.02 Å². The number of hydrogen-bond acceptors (Lipinski definition) is 4. The molecule has 0 bridgehead atoms. The van der Waals surface area contributed by atoms with Gasteiger partial charge in [0.25, 0.3) is 0 Å². The van der Waals surface area contributed by atoms with Crippen LogP contribution in [0, 0.1) is 0 Å². The summed E-state index contributed by atoms with van der Waals surface area (Å²) in [4.78, 5) is 38.9. The van der Waals surface area contributed by atoms with Crippen molar-refractivity contribution >= 4 is 29.1 Å². The summed E-state index contributed by atoms with van der Waals surface area (Å²) in [5.74, 6) is -1.30. The summed E-state index contributed by atoms with van der Waals surface area (Å²) in [5.41, 5.74) is -0.658. The van der Waals surface area contributed by atoms with Crippen molar-refractivity contribution in [1.82, 2.24) is 0 Å². The Balaban J connectivity index is 2.04. The first kappa shape index (κ1) is 19.3. The molecule has 1 aliphatic carbocycles. The molecule has 5 nitrogen and oxygen atoms in total. The van der Waals surface area contributed by atoms with Gasteiger partial charge in [0.05, 0.1) is 26.2 Å². The number of fused-ring (bicyclic) bond motifs is 1. The molecular weight excluding hydrogens is 366 g/mol. The molecule has 2 aromatic rings. The van der Waals surface area contributed by atoms with Gasteiger partial charge in [-0.25, -0.2) is 4.79 Å². The van der Waals surface area contributed by atoms with E-state index in [2.05, 4.69) is 0 Å². The van der Waals surface area contributed by atoms with Crippen LogP contribution in [0.15, 0.2) is 48.5 Å². The lowest BCUT2D eigenvalue weighted by atomic mass is 9.76. The van der Waals surface area contributed by atoms with E-state index in [0.29, 0.717) is 10.0 Å². The summed E-state index contributed by atoms with van der Waals surface area (Å²) in [5, 5.41) is 0.223. The second kappa shape index (κ2) is 6.91. The lowest BCUT2D eigenvalue weighted by Gasteiger charge is -2.27. The molecule has 6 heteroatoms. The molecule has 0 amide bonds. The van der Waals surface area contributed by atoms with Gasteiger partial charge in [0.2, 0.25) is 0 Å². The third-order valence-electron chi connectivity index (χ3n) is 4.58. The minimum absolute atomic E-state index is 0.126. The summed E-state index contributed by atoms with van der Waals surface area (Å²) in [7, 11) is 5.57. The molecule has 0 spiro atoms. The van der Waals surface area contributed by atoms with Crippen LogP contribution < -0.4 is 0 Å². The zero-order chi connectivity index (χ0) is 19.8. The highest BCUT2D eigenvalue weighted by Crippen LogP contribution is 2.42. The largest absolute Gasteiger partial charge is 0.460 e. The third kappa shape index (κ3) is 3.40. The van der Waals surface area contributed by atoms with E-state index in [-0.39, 0.29) is 29.3 Å². The molecule has 2 aromatic carbocycles. The molecule has 1 atom stereocenters. The zero-order valence-electron chi connectivity index (χ0n) is 15.5. The molecule has 0 heterocycles. The number of rotatable bonds is 5. The highest BCUT2D eigenvalue weighted by Gasteiger charge is 2.56. The summed E-state index contributed by atoms with van der Waals surface area (Å²) < 4.78 is 5.81. The third-order valence-corrected chi connectivity index (χ3v) is 4.90. The van der Waals surface area contributed by atoms with Gasteiger partial charge >= 0.3 is 5.97 Å². The van der Waals surface area contributed by atoms with Gasteiger partial charge in [-0.15, -0.1) is 0 Å². The fraction of sp³-hybridized carbons (Fsp3) is 0.286. The Morgan fingerprint density at radius 3 is 2.26 bits per heavy atom. The van der Waals surface area contributed by atoms with Crippen molar-refractivity contribution in [2.45, 2.75) is 5.41 Å². The number of carbonyl (C=O) groups excluding carboxylic acids is 3. The van der Waals surface area contributed by atoms with Crippen LogP contribution in [0.3, 0.4) is 0 Å². The maximum atomic E-state index is 13.3. The van der Waals surface area contributed by atoms with Gasteiger partial charge in [-0.1, -0.05) is 54.1 Å². The SMILES string of the molecule is C[N+](C)(C)CC(=O)OCC1(c2ccccc2)C(=O)c2cccc(Cl)c2C1=O. The first-order valence-corrected chi connectivity index (χ1v) is 8.94. The van der Waals surface area contributed by atoms with Crippen molar-refractivity contribution in [3.8, 4) is 0 Å². The van der Waals surface area contributed by atoms with E-state index >= 15 is 0 Å². The Bertz CT molecular complexity index is 918. The molecule has 0 aliphatic heterocycles.